The Morgan fingerprint density at radius 1 is 1.50 bits per heavy atom. The molecule has 92 valence electrons. The van der Waals surface area contributed by atoms with E-state index in [0.717, 1.165) is 43.2 Å². The molecule has 0 aromatic heterocycles. The van der Waals surface area contributed by atoms with E-state index in [4.69, 9.17) is 9.94 Å². The van der Waals surface area contributed by atoms with Crippen LogP contribution in [0.15, 0.2) is 5.16 Å². The van der Waals surface area contributed by atoms with Crippen molar-refractivity contribution in [2.75, 3.05) is 6.61 Å². The van der Waals surface area contributed by atoms with Crippen LogP contribution in [0.25, 0.3) is 0 Å². The van der Waals surface area contributed by atoms with Crippen LogP contribution in [0.4, 0.5) is 0 Å². The Morgan fingerprint density at radius 2 is 2.25 bits per heavy atom. The maximum Gasteiger partial charge on any atom is 0.344 e. The van der Waals surface area contributed by atoms with Crippen molar-refractivity contribution < 1.29 is 14.7 Å². The third-order valence-corrected chi connectivity index (χ3v) is 3.17. The smallest absolute Gasteiger partial charge is 0.344 e. The number of oxime groups is 1. The summed E-state index contributed by atoms with van der Waals surface area (Å²) in [4.78, 5) is 15.0. The molecule has 1 saturated carbocycles. The van der Waals surface area contributed by atoms with Crippen molar-refractivity contribution in [1.82, 2.24) is 0 Å². The summed E-state index contributed by atoms with van der Waals surface area (Å²) in [5.41, 5.74) is 1.02. The van der Waals surface area contributed by atoms with E-state index in [1.165, 1.54) is 6.42 Å². The van der Waals surface area contributed by atoms with E-state index < -0.39 is 5.97 Å². The highest BCUT2D eigenvalue weighted by atomic mass is 16.6. The lowest BCUT2D eigenvalue weighted by Crippen LogP contribution is -2.08. The van der Waals surface area contributed by atoms with Gasteiger partial charge in [0.2, 0.25) is 6.61 Å². The van der Waals surface area contributed by atoms with Gasteiger partial charge in [0.05, 0.1) is 5.71 Å². The molecule has 0 heterocycles. The first-order valence-corrected chi connectivity index (χ1v) is 5.99. The molecule has 1 N–H and O–H groups in total. The molecule has 4 nitrogen and oxygen atoms in total. The van der Waals surface area contributed by atoms with Crippen LogP contribution in [0.2, 0.25) is 0 Å². The second-order valence-electron chi connectivity index (χ2n) is 4.76. The van der Waals surface area contributed by atoms with E-state index in [1.807, 2.05) is 0 Å². The first-order valence-electron chi connectivity index (χ1n) is 5.99. The summed E-state index contributed by atoms with van der Waals surface area (Å²) in [7, 11) is 0. The topological polar surface area (TPSA) is 58.9 Å². The Bertz CT molecular complexity index is 261. The number of carboxylic acid groups (broad SMARTS) is 1. The van der Waals surface area contributed by atoms with Gasteiger partial charge in [0.1, 0.15) is 0 Å². The number of hydrogen-bond donors (Lipinski definition) is 1. The van der Waals surface area contributed by atoms with Gasteiger partial charge in [-0.05, 0) is 43.9 Å². The molecule has 0 spiro atoms. The highest BCUT2D eigenvalue weighted by Crippen LogP contribution is 2.27. The average Bonchev–Trinajstić information content (AvgIpc) is 2.42. The van der Waals surface area contributed by atoms with Crippen LogP contribution in [-0.2, 0) is 9.63 Å². The molecule has 1 aliphatic carbocycles. The molecule has 4 heteroatoms. The van der Waals surface area contributed by atoms with Gasteiger partial charge in [0.25, 0.3) is 0 Å². The monoisotopic (exact) mass is 227 g/mol. The first kappa shape index (κ1) is 13.0. The molecule has 0 radical (unpaired) electrons. The Hall–Kier alpha value is -1.06. The Labute approximate surface area is 96.7 Å². The normalized spacial score (nSPS) is 24.4. The molecular weight excluding hydrogens is 206 g/mol. The zero-order valence-electron chi connectivity index (χ0n) is 10.1. The summed E-state index contributed by atoms with van der Waals surface area (Å²) < 4.78 is 0. The van der Waals surface area contributed by atoms with Gasteiger partial charge in [-0.15, -0.1) is 0 Å². The first-order chi connectivity index (χ1) is 7.59. The van der Waals surface area contributed by atoms with Gasteiger partial charge >= 0.3 is 5.97 Å². The van der Waals surface area contributed by atoms with E-state index in [-0.39, 0.29) is 6.61 Å². The predicted octanol–water partition coefficient (Wildman–Crippen LogP) is 2.68. The minimum atomic E-state index is -0.974. The van der Waals surface area contributed by atoms with Crippen molar-refractivity contribution in [1.29, 1.82) is 0 Å². The van der Waals surface area contributed by atoms with Crippen LogP contribution in [0.3, 0.4) is 0 Å². The lowest BCUT2D eigenvalue weighted by Gasteiger charge is -2.17. The molecule has 1 fully saturated rings. The molecule has 0 saturated heterocycles. The van der Waals surface area contributed by atoms with E-state index in [1.54, 1.807) is 0 Å². The van der Waals surface area contributed by atoms with Crippen LogP contribution in [0.5, 0.6) is 0 Å². The molecule has 0 aromatic carbocycles. The van der Waals surface area contributed by atoms with Crippen LogP contribution in [0, 0.1) is 11.8 Å². The highest BCUT2D eigenvalue weighted by molar-refractivity contribution is 5.84. The van der Waals surface area contributed by atoms with Gasteiger partial charge in [-0.2, -0.15) is 0 Å². The van der Waals surface area contributed by atoms with Gasteiger partial charge in [0.15, 0.2) is 0 Å². The number of aliphatic carboxylic acids is 1. The summed E-state index contributed by atoms with van der Waals surface area (Å²) in [6.45, 7) is 4.18. The number of carboxylic acids is 1. The van der Waals surface area contributed by atoms with Gasteiger partial charge in [0, 0.05) is 0 Å². The highest BCUT2D eigenvalue weighted by Gasteiger charge is 2.18. The van der Waals surface area contributed by atoms with Crippen molar-refractivity contribution in [3.63, 3.8) is 0 Å². The summed E-state index contributed by atoms with van der Waals surface area (Å²) in [6, 6.07) is 0. The van der Waals surface area contributed by atoms with Crippen molar-refractivity contribution in [3.05, 3.63) is 0 Å². The van der Waals surface area contributed by atoms with Crippen molar-refractivity contribution in [2.24, 2.45) is 17.0 Å². The molecule has 16 heavy (non-hydrogen) atoms. The molecule has 1 unspecified atom stereocenters. The van der Waals surface area contributed by atoms with Crippen molar-refractivity contribution >= 4 is 11.7 Å². The maximum atomic E-state index is 10.3. The van der Waals surface area contributed by atoms with Gasteiger partial charge in [-0.25, -0.2) is 4.79 Å². The quantitative estimate of drug-likeness (QED) is 0.593. The molecule has 1 aliphatic rings. The van der Waals surface area contributed by atoms with Crippen LogP contribution >= 0.6 is 0 Å². The molecule has 0 bridgehead atoms. The van der Waals surface area contributed by atoms with Crippen LogP contribution in [0.1, 0.15) is 46.0 Å². The summed E-state index contributed by atoms with van der Waals surface area (Å²) in [6.07, 6.45) is 5.42. The Morgan fingerprint density at radius 3 is 2.88 bits per heavy atom. The molecule has 1 rings (SSSR count). The average molecular weight is 227 g/mol. The fourth-order valence-corrected chi connectivity index (χ4v) is 2.13. The molecule has 0 aliphatic heterocycles. The second-order valence-corrected chi connectivity index (χ2v) is 4.76. The Balaban J connectivity index is 2.37. The number of hydrogen-bond acceptors (Lipinski definition) is 3. The summed E-state index contributed by atoms with van der Waals surface area (Å²) >= 11 is 0. The van der Waals surface area contributed by atoms with Gasteiger partial charge in [-0.1, -0.05) is 19.0 Å². The predicted molar refractivity (Wildman–Crippen MR) is 62.4 cm³/mol. The second kappa shape index (κ2) is 6.51. The fourth-order valence-electron chi connectivity index (χ4n) is 2.13. The Kier molecular flexibility index (Phi) is 5.29. The zero-order valence-corrected chi connectivity index (χ0v) is 10.1. The lowest BCUT2D eigenvalue weighted by atomic mass is 9.89. The third kappa shape index (κ3) is 4.64. The van der Waals surface area contributed by atoms with E-state index in [9.17, 15) is 4.79 Å². The third-order valence-electron chi connectivity index (χ3n) is 3.17. The minimum absolute atomic E-state index is 0.336. The van der Waals surface area contributed by atoms with Crippen LogP contribution in [-0.4, -0.2) is 23.4 Å². The fraction of sp³-hybridized carbons (Fsp3) is 0.833. The standard InChI is InChI=1S/C12H21NO3/c1-9(2)10-4-3-5-11(7-6-10)13-16-8-12(14)15/h9-10H,3-8H2,1-2H3,(H,14,15). The van der Waals surface area contributed by atoms with E-state index >= 15 is 0 Å². The lowest BCUT2D eigenvalue weighted by molar-refractivity contribution is -0.142. The van der Waals surface area contributed by atoms with Gasteiger partial charge in [-0.3, -0.25) is 0 Å². The minimum Gasteiger partial charge on any atom is -0.479 e. The van der Waals surface area contributed by atoms with Crippen molar-refractivity contribution in [2.45, 2.75) is 46.0 Å². The summed E-state index contributed by atoms with van der Waals surface area (Å²) in [5.74, 6) is 0.518. The maximum absolute atomic E-state index is 10.3. The molecule has 0 amide bonds. The van der Waals surface area contributed by atoms with E-state index in [2.05, 4.69) is 19.0 Å². The molecule has 1 atom stereocenters. The number of carbonyl (C=O) groups is 1. The number of rotatable bonds is 4. The number of nitrogens with zero attached hydrogens (tertiary/aromatic N) is 1. The van der Waals surface area contributed by atoms with E-state index in [0.29, 0.717) is 0 Å². The molecule has 0 aromatic rings. The van der Waals surface area contributed by atoms with Crippen molar-refractivity contribution in [3.8, 4) is 0 Å². The summed E-state index contributed by atoms with van der Waals surface area (Å²) in [5, 5.41) is 12.3. The van der Waals surface area contributed by atoms with Crippen LogP contribution < -0.4 is 0 Å². The SMILES string of the molecule is CC(C)C1CCCC(=NOCC(=O)O)CC1. The largest absolute Gasteiger partial charge is 0.479 e. The molecular formula is C12H21NO3. The van der Waals surface area contributed by atoms with Gasteiger partial charge < -0.3 is 9.94 Å². The zero-order chi connectivity index (χ0) is 12.0.